The van der Waals surface area contributed by atoms with E-state index in [4.69, 9.17) is 9.47 Å². The molecule has 6 N–H and O–H groups in total. The normalized spacial score (nSPS) is 18.5. The number of amides is 1. The Labute approximate surface area is 554 Å². The summed E-state index contributed by atoms with van der Waals surface area (Å²) in [4.78, 5) is 13.1. The van der Waals surface area contributed by atoms with Crippen LogP contribution in [-0.2, 0) is 14.3 Å². The van der Waals surface area contributed by atoms with Gasteiger partial charge < -0.3 is 40.3 Å². The zero-order valence-corrected chi connectivity index (χ0v) is 58.1. The van der Waals surface area contributed by atoms with Crippen molar-refractivity contribution in [3.05, 3.63) is 122 Å². The molecule has 518 valence electrons. The average molecular weight is 1260 g/mol. The minimum atomic E-state index is -1.58. The summed E-state index contributed by atoms with van der Waals surface area (Å²) in [6.45, 7) is 3.67. The maximum Gasteiger partial charge on any atom is 0.220 e. The zero-order chi connectivity index (χ0) is 64.9. The third-order valence-corrected chi connectivity index (χ3v) is 17.2. The molecular weight excluding hydrogens is 1110 g/mol. The van der Waals surface area contributed by atoms with Crippen molar-refractivity contribution < 1.29 is 39.8 Å². The van der Waals surface area contributed by atoms with Crippen LogP contribution in [0.2, 0.25) is 0 Å². The number of carbonyl (C=O) groups excluding carboxylic acids is 1. The van der Waals surface area contributed by atoms with Gasteiger partial charge in [0.25, 0.3) is 0 Å². The molecule has 0 aromatic rings. The maximum absolute atomic E-state index is 13.1. The number of unbranched alkanes of at least 4 members (excludes halogenated alkanes) is 37. The molecule has 0 spiro atoms. The number of hydrogen-bond acceptors (Lipinski definition) is 8. The molecular formula is C81H141NO8. The van der Waals surface area contributed by atoms with Gasteiger partial charge in [-0.15, -0.1) is 0 Å². The molecule has 1 heterocycles. The Bertz CT molecular complexity index is 1840. The molecule has 9 nitrogen and oxygen atoms in total. The van der Waals surface area contributed by atoms with Crippen molar-refractivity contribution in [2.24, 2.45) is 0 Å². The molecule has 7 unspecified atom stereocenters. The Morgan fingerprint density at radius 3 is 1.07 bits per heavy atom. The van der Waals surface area contributed by atoms with Crippen LogP contribution in [0.5, 0.6) is 0 Å². The van der Waals surface area contributed by atoms with Crippen LogP contribution in [0, 0.1) is 0 Å². The fraction of sp³-hybridized carbons (Fsp3) is 0.741. The monoisotopic (exact) mass is 1260 g/mol. The second kappa shape index (κ2) is 68.4. The van der Waals surface area contributed by atoms with Gasteiger partial charge in [0.15, 0.2) is 6.29 Å². The van der Waals surface area contributed by atoms with Crippen LogP contribution in [0.25, 0.3) is 0 Å². The molecule has 90 heavy (non-hydrogen) atoms. The van der Waals surface area contributed by atoms with E-state index in [2.05, 4.69) is 129 Å². The molecule has 0 radical (unpaired) electrons. The molecule has 0 aromatic carbocycles. The Kier molecular flexibility index (Phi) is 64.3. The van der Waals surface area contributed by atoms with E-state index in [1.165, 1.54) is 218 Å². The van der Waals surface area contributed by atoms with Crippen LogP contribution in [0.1, 0.15) is 328 Å². The highest BCUT2D eigenvalue weighted by atomic mass is 16.7. The van der Waals surface area contributed by atoms with Gasteiger partial charge in [-0.3, -0.25) is 4.79 Å². The van der Waals surface area contributed by atoms with Crippen molar-refractivity contribution in [1.82, 2.24) is 5.32 Å². The molecule has 1 fully saturated rings. The van der Waals surface area contributed by atoms with Gasteiger partial charge in [0.1, 0.15) is 24.4 Å². The van der Waals surface area contributed by atoms with E-state index in [1.807, 2.05) is 6.08 Å². The van der Waals surface area contributed by atoms with Gasteiger partial charge in [0.05, 0.1) is 25.4 Å². The molecule has 9 heteroatoms. The maximum atomic E-state index is 13.1. The Hall–Kier alpha value is -3.41. The van der Waals surface area contributed by atoms with Crippen molar-refractivity contribution >= 4 is 5.91 Å². The van der Waals surface area contributed by atoms with Crippen molar-refractivity contribution in [2.75, 3.05) is 13.2 Å². The Morgan fingerprint density at radius 2 is 0.700 bits per heavy atom. The van der Waals surface area contributed by atoms with Gasteiger partial charge in [-0.1, -0.05) is 341 Å². The first-order valence-corrected chi connectivity index (χ1v) is 37.8. The molecule has 0 saturated carbocycles. The highest BCUT2D eigenvalue weighted by Gasteiger charge is 2.44. The summed E-state index contributed by atoms with van der Waals surface area (Å²) in [5, 5.41) is 54.8. The van der Waals surface area contributed by atoms with E-state index >= 15 is 0 Å². The van der Waals surface area contributed by atoms with Crippen LogP contribution >= 0.6 is 0 Å². The summed E-state index contributed by atoms with van der Waals surface area (Å²) in [5.74, 6) is -0.189. The quantitative estimate of drug-likeness (QED) is 0.0261. The SMILES string of the molecule is CC/C=C\C/C=C\C/C=C\C/C=C\C/C=C\C/C=C\C/C=C\CCCCCCCCCCCCCCCCCCCCCC(=O)NC(COC1OC(CO)C(O)C(O)C1O)C(O)/C=C/CC/C=C/CC/C=C/CCCCCCCCCCCCCCCCCC. The van der Waals surface area contributed by atoms with Gasteiger partial charge in [-0.25, -0.2) is 0 Å². The predicted octanol–water partition coefficient (Wildman–Crippen LogP) is 21.4. The van der Waals surface area contributed by atoms with Crippen LogP contribution in [-0.4, -0.2) is 87.5 Å². The number of carbonyl (C=O) groups is 1. The first kappa shape index (κ1) is 84.6. The van der Waals surface area contributed by atoms with E-state index in [1.54, 1.807) is 6.08 Å². The number of aliphatic hydroxyl groups is 5. The summed E-state index contributed by atoms with van der Waals surface area (Å²) in [6.07, 6.45) is 96.1. The number of nitrogens with one attached hydrogen (secondary N) is 1. The molecule has 1 saturated heterocycles. The number of allylic oxidation sites excluding steroid dienone is 19. The third kappa shape index (κ3) is 56.2. The molecule has 0 aliphatic carbocycles. The van der Waals surface area contributed by atoms with Gasteiger partial charge >= 0.3 is 0 Å². The molecule has 1 amide bonds. The lowest BCUT2D eigenvalue weighted by Gasteiger charge is -2.40. The van der Waals surface area contributed by atoms with Crippen molar-refractivity contribution in [3.63, 3.8) is 0 Å². The van der Waals surface area contributed by atoms with Crippen molar-refractivity contribution in [3.8, 4) is 0 Å². The largest absolute Gasteiger partial charge is 0.394 e. The first-order valence-electron chi connectivity index (χ1n) is 37.8. The van der Waals surface area contributed by atoms with Gasteiger partial charge in [-0.05, 0) is 103 Å². The summed E-state index contributed by atoms with van der Waals surface area (Å²) in [7, 11) is 0. The lowest BCUT2D eigenvalue weighted by atomic mass is 9.99. The fourth-order valence-electron chi connectivity index (χ4n) is 11.4. The van der Waals surface area contributed by atoms with Crippen molar-refractivity contribution in [2.45, 2.75) is 371 Å². The first-order chi connectivity index (χ1) is 44.3. The lowest BCUT2D eigenvalue weighted by molar-refractivity contribution is -0.302. The summed E-state index contributed by atoms with van der Waals surface area (Å²) in [5.41, 5.74) is 0. The zero-order valence-electron chi connectivity index (χ0n) is 58.1. The second-order valence-corrected chi connectivity index (χ2v) is 25.7. The Morgan fingerprint density at radius 1 is 0.389 bits per heavy atom. The van der Waals surface area contributed by atoms with Crippen LogP contribution in [0.4, 0.5) is 0 Å². The molecule has 1 aliphatic rings. The van der Waals surface area contributed by atoms with E-state index in [0.717, 1.165) is 89.9 Å². The van der Waals surface area contributed by atoms with E-state index < -0.39 is 49.5 Å². The average Bonchev–Trinajstić information content (AvgIpc) is 1.28. The third-order valence-electron chi connectivity index (χ3n) is 17.2. The number of hydrogen-bond donors (Lipinski definition) is 6. The Balaban J connectivity index is 2.11. The highest BCUT2D eigenvalue weighted by molar-refractivity contribution is 5.76. The molecule has 7 atom stereocenters. The number of ether oxygens (including phenoxy) is 2. The molecule has 0 aromatic heterocycles. The minimum absolute atomic E-state index is 0.189. The summed E-state index contributed by atoms with van der Waals surface area (Å²) >= 11 is 0. The summed E-state index contributed by atoms with van der Waals surface area (Å²) in [6, 6.07) is -0.835. The van der Waals surface area contributed by atoms with Gasteiger partial charge in [-0.2, -0.15) is 0 Å². The molecule has 1 rings (SSSR count). The predicted molar refractivity (Wildman–Crippen MR) is 387 cm³/mol. The standard InChI is InChI=1S/C81H141NO8/c1-3-5-7-9-11-13-15-17-19-21-23-25-27-29-31-32-33-34-35-36-37-38-39-40-41-42-43-44-45-47-49-51-53-55-57-59-61-63-65-67-69-71-77(85)82-74(73-89-81-80(88)79(87)78(86)76(72-83)90-81)75(84)70-68-66-64-62-60-58-56-54-52-50-48-46-30-28-26-24-22-20-18-16-14-12-10-8-6-4-2/h5,7,11,13,17,19,23,25,29,31,33-34,36-37,52,54,60,62,68,70,74-76,78-81,83-84,86-88H,3-4,6,8-10,12,14-16,18,20-22,24,26-28,30,32,35,38-51,53,55-59,61,63-67,69,71-73H2,1-2H3,(H,82,85)/b7-5-,13-11-,19-17-,25-23-,31-29-,34-33-,37-36-,54-52+,62-60+,70-68+. The second-order valence-electron chi connectivity index (χ2n) is 25.7. The van der Waals surface area contributed by atoms with Gasteiger partial charge in [0.2, 0.25) is 5.91 Å². The molecule has 1 aliphatic heterocycles. The van der Waals surface area contributed by atoms with Crippen LogP contribution in [0.3, 0.4) is 0 Å². The van der Waals surface area contributed by atoms with E-state index in [-0.39, 0.29) is 12.5 Å². The topological polar surface area (TPSA) is 149 Å². The van der Waals surface area contributed by atoms with E-state index in [9.17, 15) is 30.3 Å². The number of rotatable bonds is 65. The van der Waals surface area contributed by atoms with Crippen LogP contribution < -0.4 is 5.32 Å². The molecule has 0 bridgehead atoms. The fourth-order valence-corrected chi connectivity index (χ4v) is 11.4. The van der Waals surface area contributed by atoms with Crippen molar-refractivity contribution in [1.29, 1.82) is 0 Å². The minimum Gasteiger partial charge on any atom is -0.394 e. The summed E-state index contributed by atoms with van der Waals surface area (Å²) < 4.78 is 11.3. The highest BCUT2D eigenvalue weighted by Crippen LogP contribution is 2.23. The number of aliphatic hydroxyl groups excluding tert-OH is 5. The van der Waals surface area contributed by atoms with E-state index in [0.29, 0.717) is 6.42 Å². The smallest absolute Gasteiger partial charge is 0.220 e. The van der Waals surface area contributed by atoms with Crippen LogP contribution in [0.15, 0.2) is 122 Å². The lowest BCUT2D eigenvalue weighted by Crippen LogP contribution is -2.60. The van der Waals surface area contributed by atoms with Gasteiger partial charge in [0, 0.05) is 6.42 Å².